The molecule has 0 saturated heterocycles. The zero-order valence-corrected chi connectivity index (χ0v) is 12.7. The Balaban J connectivity index is 1.91. The number of rotatable bonds is 4. The number of phenols is 1. The van der Waals surface area contributed by atoms with Crippen LogP contribution in [-0.2, 0) is 0 Å². The van der Waals surface area contributed by atoms with Crippen molar-refractivity contribution < 1.29 is 14.6 Å². The molecule has 116 valence electrons. The van der Waals surface area contributed by atoms with Gasteiger partial charge in [0.15, 0.2) is 0 Å². The molecule has 1 amide bonds. The van der Waals surface area contributed by atoms with Gasteiger partial charge in [0.05, 0.1) is 6.61 Å². The highest BCUT2D eigenvalue weighted by atomic mass is 16.5. The largest absolute Gasteiger partial charge is 0.507 e. The molecule has 0 unspecified atom stereocenters. The Morgan fingerprint density at radius 3 is 2.61 bits per heavy atom. The second-order valence-electron chi connectivity index (χ2n) is 5.09. The average molecular weight is 307 g/mol. The Hall–Kier alpha value is -3.01. The molecule has 3 aromatic rings. The molecule has 23 heavy (non-hydrogen) atoms. The van der Waals surface area contributed by atoms with E-state index >= 15 is 0 Å². The number of benzene rings is 3. The van der Waals surface area contributed by atoms with E-state index in [0.717, 1.165) is 5.39 Å². The monoisotopic (exact) mass is 307 g/mol. The lowest BCUT2D eigenvalue weighted by molar-refractivity contribution is 0.102. The highest BCUT2D eigenvalue weighted by molar-refractivity contribution is 6.10. The summed E-state index contributed by atoms with van der Waals surface area (Å²) < 4.78 is 5.42. The van der Waals surface area contributed by atoms with Gasteiger partial charge in [0.1, 0.15) is 11.5 Å². The summed E-state index contributed by atoms with van der Waals surface area (Å²) in [5.74, 6) is 0.634. The van der Waals surface area contributed by atoms with Crippen molar-refractivity contribution in [3.63, 3.8) is 0 Å². The number of carbonyl (C=O) groups is 1. The van der Waals surface area contributed by atoms with Gasteiger partial charge in [0.2, 0.25) is 0 Å². The topological polar surface area (TPSA) is 58.6 Å². The first kappa shape index (κ1) is 14.9. The summed E-state index contributed by atoms with van der Waals surface area (Å²) in [6.45, 7) is 2.45. The SMILES string of the molecule is CCOc1cccc(C(=O)Nc2cccc3c(O)cccc23)c1. The number of hydrogen-bond donors (Lipinski definition) is 2. The minimum absolute atomic E-state index is 0.192. The van der Waals surface area contributed by atoms with Crippen molar-refractivity contribution in [3.05, 3.63) is 66.2 Å². The van der Waals surface area contributed by atoms with Crippen molar-refractivity contribution in [3.8, 4) is 11.5 Å². The van der Waals surface area contributed by atoms with E-state index in [9.17, 15) is 9.90 Å². The molecule has 3 rings (SSSR count). The van der Waals surface area contributed by atoms with Gasteiger partial charge in [-0.25, -0.2) is 0 Å². The second-order valence-corrected chi connectivity index (χ2v) is 5.09. The molecule has 0 aromatic heterocycles. The molecule has 0 aliphatic heterocycles. The van der Waals surface area contributed by atoms with Gasteiger partial charge < -0.3 is 15.2 Å². The van der Waals surface area contributed by atoms with E-state index in [4.69, 9.17) is 4.74 Å². The molecule has 0 spiro atoms. The van der Waals surface area contributed by atoms with Crippen LogP contribution >= 0.6 is 0 Å². The summed E-state index contributed by atoms with van der Waals surface area (Å²) in [5.41, 5.74) is 1.18. The number of ether oxygens (including phenoxy) is 1. The van der Waals surface area contributed by atoms with Crippen LogP contribution in [0.4, 0.5) is 5.69 Å². The lowest BCUT2D eigenvalue weighted by Crippen LogP contribution is -2.12. The molecule has 3 aromatic carbocycles. The van der Waals surface area contributed by atoms with Crippen molar-refractivity contribution in [1.29, 1.82) is 0 Å². The first-order valence-corrected chi connectivity index (χ1v) is 7.44. The van der Waals surface area contributed by atoms with Crippen LogP contribution in [0.25, 0.3) is 10.8 Å². The van der Waals surface area contributed by atoms with Crippen LogP contribution in [0.15, 0.2) is 60.7 Å². The van der Waals surface area contributed by atoms with E-state index in [-0.39, 0.29) is 11.7 Å². The number of amides is 1. The van der Waals surface area contributed by atoms with E-state index < -0.39 is 0 Å². The van der Waals surface area contributed by atoms with Gasteiger partial charge in [0, 0.05) is 22.0 Å². The minimum atomic E-state index is -0.220. The van der Waals surface area contributed by atoms with Gasteiger partial charge in [-0.1, -0.05) is 30.3 Å². The van der Waals surface area contributed by atoms with Gasteiger partial charge in [-0.05, 0) is 37.3 Å². The fourth-order valence-electron chi connectivity index (χ4n) is 2.49. The fourth-order valence-corrected chi connectivity index (χ4v) is 2.49. The molecule has 0 fully saturated rings. The van der Waals surface area contributed by atoms with Crippen LogP contribution in [0.1, 0.15) is 17.3 Å². The van der Waals surface area contributed by atoms with Crippen LogP contribution in [0.3, 0.4) is 0 Å². The minimum Gasteiger partial charge on any atom is -0.507 e. The summed E-state index contributed by atoms with van der Waals surface area (Å²) in [5, 5.41) is 14.3. The van der Waals surface area contributed by atoms with Crippen molar-refractivity contribution in [2.45, 2.75) is 6.92 Å². The number of phenolic OH excluding ortho intramolecular Hbond substituents is 1. The zero-order chi connectivity index (χ0) is 16.2. The number of nitrogens with one attached hydrogen (secondary N) is 1. The third kappa shape index (κ3) is 3.11. The van der Waals surface area contributed by atoms with E-state index in [1.54, 1.807) is 36.4 Å². The third-order valence-corrected chi connectivity index (χ3v) is 3.55. The number of fused-ring (bicyclic) bond motifs is 1. The third-order valence-electron chi connectivity index (χ3n) is 3.55. The van der Waals surface area contributed by atoms with Crippen LogP contribution < -0.4 is 10.1 Å². The first-order valence-electron chi connectivity index (χ1n) is 7.44. The van der Waals surface area contributed by atoms with E-state index in [0.29, 0.717) is 29.0 Å². The Morgan fingerprint density at radius 2 is 1.78 bits per heavy atom. The molecule has 4 nitrogen and oxygen atoms in total. The lowest BCUT2D eigenvalue weighted by atomic mass is 10.1. The van der Waals surface area contributed by atoms with Crippen LogP contribution in [0.5, 0.6) is 11.5 Å². The standard InChI is InChI=1S/C19H17NO3/c1-2-23-14-7-3-6-13(12-14)19(22)20-17-10-4-9-16-15(17)8-5-11-18(16)21/h3-12,21H,2H2,1H3,(H,20,22). The zero-order valence-electron chi connectivity index (χ0n) is 12.7. The van der Waals surface area contributed by atoms with E-state index in [2.05, 4.69) is 5.32 Å². The average Bonchev–Trinajstić information content (AvgIpc) is 2.56. The van der Waals surface area contributed by atoms with Gasteiger partial charge in [-0.3, -0.25) is 4.79 Å². The van der Waals surface area contributed by atoms with Crippen molar-refractivity contribution in [1.82, 2.24) is 0 Å². The summed E-state index contributed by atoms with van der Waals surface area (Å²) in [7, 11) is 0. The molecule has 0 saturated carbocycles. The maximum Gasteiger partial charge on any atom is 0.255 e. The number of aromatic hydroxyl groups is 1. The summed E-state index contributed by atoms with van der Waals surface area (Å²) in [4.78, 5) is 12.5. The summed E-state index contributed by atoms with van der Waals surface area (Å²) >= 11 is 0. The molecule has 0 heterocycles. The summed E-state index contributed by atoms with van der Waals surface area (Å²) in [6, 6.07) is 17.7. The normalized spacial score (nSPS) is 10.5. The molecular formula is C19H17NO3. The van der Waals surface area contributed by atoms with E-state index in [1.165, 1.54) is 0 Å². The van der Waals surface area contributed by atoms with Gasteiger partial charge in [-0.2, -0.15) is 0 Å². The van der Waals surface area contributed by atoms with E-state index in [1.807, 2.05) is 31.2 Å². The molecule has 0 aliphatic rings. The molecule has 0 bridgehead atoms. The Labute approximate surface area is 134 Å². The molecule has 0 atom stereocenters. The van der Waals surface area contributed by atoms with Gasteiger partial charge in [0.25, 0.3) is 5.91 Å². The van der Waals surface area contributed by atoms with Gasteiger partial charge >= 0.3 is 0 Å². The lowest BCUT2D eigenvalue weighted by Gasteiger charge is -2.10. The molecule has 2 N–H and O–H groups in total. The highest BCUT2D eigenvalue weighted by Crippen LogP contribution is 2.30. The van der Waals surface area contributed by atoms with Crippen molar-refractivity contribution in [2.24, 2.45) is 0 Å². The fraction of sp³-hybridized carbons (Fsp3) is 0.105. The predicted octanol–water partition coefficient (Wildman–Crippen LogP) is 4.20. The van der Waals surface area contributed by atoms with Crippen LogP contribution in [-0.4, -0.2) is 17.6 Å². The first-order chi connectivity index (χ1) is 11.2. The smallest absolute Gasteiger partial charge is 0.255 e. The van der Waals surface area contributed by atoms with Crippen molar-refractivity contribution in [2.75, 3.05) is 11.9 Å². The second kappa shape index (κ2) is 6.40. The Morgan fingerprint density at radius 1 is 1.04 bits per heavy atom. The van der Waals surface area contributed by atoms with Gasteiger partial charge in [-0.15, -0.1) is 0 Å². The number of carbonyl (C=O) groups excluding carboxylic acids is 1. The predicted molar refractivity (Wildman–Crippen MR) is 91.2 cm³/mol. The van der Waals surface area contributed by atoms with Crippen molar-refractivity contribution >= 4 is 22.4 Å². The maximum atomic E-state index is 12.5. The molecular weight excluding hydrogens is 290 g/mol. The Bertz CT molecular complexity index is 858. The molecule has 0 aliphatic carbocycles. The molecule has 4 heteroatoms. The molecule has 0 radical (unpaired) electrons. The number of anilines is 1. The van der Waals surface area contributed by atoms with Crippen LogP contribution in [0.2, 0.25) is 0 Å². The summed E-state index contributed by atoms with van der Waals surface area (Å²) in [6.07, 6.45) is 0. The Kier molecular flexibility index (Phi) is 4.15. The maximum absolute atomic E-state index is 12.5. The quantitative estimate of drug-likeness (QED) is 0.759. The highest BCUT2D eigenvalue weighted by Gasteiger charge is 2.10. The van der Waals surface area contributed by atoms with Crippen LogP contribution in [0, 0.1) is 0 Å². The number of hydrogen-bond acceptors (Lipinski definition) is 3.